The van der Waals surface area contributed by atoms with Gasteiger partial charge in [-0.2, -0.15) is 0 Å². The second-order valence-electron chi connectivity index (χ2n) is 5.69. The van der Waals surface area contributed by atoms with Gasteiger partial charge in [-0.05, 0) is 43.9 Å². The Hall–Kier alpha value is -1.46. The van der Waals surface area contributed by atoms with Gasteiger partial charge in [0.1, 0.15) is 0 Å². The molecule has 1 atom stereocenters. The Morgan fingerprint density at radius 3 is 2.95 bits per heavy atom. The van der Waals surface area contributed by atoms with Crippen molar-refractivity contribution in [3.05, 3.63) is 23.3 Å². The summed E-state index contributed by atoms with van der Waals surface area (Å²) in [5.74, 6) is 0.0268. The largest absolute Gasteiger partial charge is 0.376 e. The third-order valence-corrected chi connectivity index (χ3v) is 5.06. The molecule has 1 aliphatic rings. The lowest BCUT2D eigenvalue weighted by atomic mass is 10.1. The number of nitrogens with zero attached hydrogens (tertiary/aromatic N) is 2. The van der Waals surface area contributed by atoms with E-state index in [9.17, 15) is 4.79 Å². The molecule has 112 valence electrons. The van der Waals surface area contributed by atoms with Crippen molar-refractivity contribution in [3.63, 3.8) is 0 Å². The van der Waals surface area contributed by atoms with Crippen LogP contribution in [0.3, 0.4) is 0 Å². The molecule has 2 aromatic rings. The molecule has 3 rings (SSSR count). The molecule has 0 spiro atoms. The van der Waals surface area contributed by atoms with Gasteiger partial charge in [-0.15, -0.1) is 0 Å². The zero-order chi connectivity index (χ0) is 15.0. The number of ether oxygens (including phenoxy) is 1. The van der Waals surface area contributed by atoms with Crippen molar-refractivity contribution in [3.8, 4) is 0 Å². The maximum Gasteiger partial charge on any atom is 0.225 e. The molecule has 0 aliphatic carbocycles. The number of hydrogen-bond acceptors (Lipinski definition) is 4. The van der Waals surface area contributed by atoms with Gasteiger partial charge in [-0.3, -0.25) is 9.69 Å². The van der Waals surface area contributed by atoms with Crippen molar-refractivity contribution in [1.82, 2.24) is 4.98 Å². The Kier molecular flexibility index (Phi) is 3.95. The summed E-state index contributed by atoms with van der Waals surface area (Å²) in [6.45, 7) is 7.16. The molecule has 1 aliphatic heterocycles. The number of hydrogen-bond donors (Lipinski definition) is 0. The minimum absolute atomic E-state index is 0.0268. The van der Waals surface area contributed by atoms with Crippen LogP contribution in [0.5, 0.6) is 0 Å². The number of amides is 1. The van der Waals surface area contributed by atoms with E-state index in [0.717, 1.165) is 34.8 Å². The molecular weight excluding hydrogens is 284 g/mol. The third kappa shape index (κ3) is 2.94. The van der Waals surface area contributed by atoms with Crippen LogP contribution in [0, 0.1) is 13.8 Å². The van der Waals surface area contributed by atoms with Gasteiger partial charge in [0.05, 0.1) is 22.9 Å². The Morgan fingerprint density at radius 2 is 2.29 bits per heavy atom. The van der Waals surface area contributed by atoms with Crippen molar-refractivity contribution >= 4 is 32.6 Å². The molecule has 0 saturated carbocycles. The number of carbonyl (C=O) groups is 1. The van der Waals surface area contributed by atoms with Crippen molar-refractivity contribution in [2.75, 3.05) is 18.1 Å². The lowest BCUT2D eigenvalue weighted by Crippen LogP contribution is -2.35. The summed E-state index contributed by atoms with van der Waals surface area (Å²) in [6, 6.07) is 4.23. The second kappa shape index (κ2) is 5.73. The van der Waals surface area contributed by atoms with E-state index < -0.39 is 0 Å². The van der Waals surface area contributed by atoms with E-state index in [4.69, 9.17) is 4.74 Å². The molecule has 1 aromatic carbocycles. The quantitative estimate of drug-likeness (QED) is 0.872. The first-order chi connectivity index (χ1) is 10.0. The number of aromatic nitrogens is 1. The molecule has 1 aromatic heterocycles. The van der Waals surface area contributed by atoms with Crippen LogP contribution in [0.1, 0.15) is 30.9 Å². The van der Waals surface area contributed by atoms with Crippen molar-refractivity contribution < 1.29 is 9.53 Å². The number of benzene rings is 1. The van der Waals surface area contributed by atoms with Crippen molar-refractivity contribution in [2.24, 2.45) is 0 Å². The molecule has 0 radical (unpaired) electrons. The number of rotatable bonds is 3. The van der Waals surface area contributed by atoms with E-state index in [0.29, 0.717) is 6.54 Å². The van der Waals surface area contributed by atoms with E-state index in [1.807, 2.05) is 0 Å². The average molecular weight is 304 g/mol. The molecule has 1 unspecified atom stereocenters. The topological polar surface area (TPSA) is 42.4 Å². The average Bonchev–Trinajstić information content (AvgIpc) is 3.03. The lowest BCUT2D eigenvalue weighted by molar-refractivity contribution is -0.116. The SMILES string of the molecule is CC(=O)N(CC1CCCO1)c1nc2cc(C)cc(C)c2s1. The maximum atomic E-state index is 12.0. The summed E-state index contributed by atoms with van der Waals surface area (Å²) < 4.78 is 6.82. The van der Waals surface area contributed by atoms with Gasteiger partial charge < -0.3 is 4.74 Å². The summed E-state index contributed by atoms with van der Waals surface area (Å²) >= 11 is 1.59. The van der Waals surface area contributed by atoms with Crippen LogP contribution in [-0.2, 0) is 9.53 Å². The highest BCUT2D eigenvalue weighted by molar-refractivity contribution is 7.22. The highest BCUT2D eigenvalue weighted by Crippen LogP contribution is 2.32. The molecule has 1 amide bonds. The summed E-state index contributed by atoms with van der Waals surface area (Å²) in [7, 11) is 0. The first-order valence-corrected chi connectivity index (χ1v) is 8.14. The van der Waals surface area contributed by atoms with E-state index in [-0.39, 0.29) is 12.0 Å². The van der Waals surface area contributed by atoms with E-state index >= 15 is 0 Å². The number of anilines is 1. The molecule has 5 heteroatoms. The molecule has 0 bridgehead atoms. The first-order valence-electron chi connectivity index (χ1n) is 7.32. The van der Waals surface area contributed by atoms with Crippen molar-refractivity contribution in [2.45, 2.75) is 39.7 Å². The third-order valence-electron chi connectivity index (χ3n) is 3.83. The smallest absolute Gasteiger partial charge is 0.225 e. The second-order valence-corrected chi connectivity index (χ2v) is 6.67. The summed E-state index contributed by atoms with van der Waals surface area (Å²) in [4.78, 5) is 18.4. The molecule has 4 nitrogen and oxygen atoms in total. The van der Waals surface area contributed by atoms with Crippen LogP contribution in [-0.4, -0.2) is 30.1 Å². The standard InChI is InChI=1S/C16H20N2O2S/c1-10-7-11(2)15-14(8-10)17-16(21-15)18(12(3)19)9-13-5-4-6-20-13/h7-8,13H,4-6,9H2,1-3H3. The molecule has 1 saturated heterocycles. The summed E-state index contributed by atoms with van der Waals surface area (Å²) in [5.41, 5.74) is 3.39. The molecule has 1 fully saturated rings. The van der Waals surface area contributed by atoms with Gasteiger partial charge in [0.2, 0.25) is 5.91 Å². The first kappa shape index (κ1) is 14.5. The molecular formula is C16H20N2O2S. The molecule has 21 heavy (non-hydrogen) atoms. The van der Waals surface area contributed by atoms with Gasteiger partial charge in [-0.1, -0.05) is 17.4 Å². The monoisotopic (exact) mass is 304 g/mol. The molecule has 2 heterocycles. The highest BCUT2D eigenvalue weighted by atomic mass is 32.1. The fraction of sp³-hybridized carbons (Fsp3) is 0.500. The van der Waals surface area contributed by atoms with E-state index in [2.05, 4.69) is 31.0 Å². The van der Waals surface area contributed by atoms with Gasteiger partial charge in [-0.25, -0.2) is 4.98 Å². The minimum atomic E-state index is 0.0268. The Balaban J connectivity index is 1.95. The van der Waals surface area contributed by atoms with Gasteiger partial charge in [0, 0.05) is 13.5 Å². The van der Waals surface area contributed by atoms with Crippen LogP contribution < -0.4 is 4.90 Å². The van der Waals surface area contributed by atoms with Crippen LogP contribution in [0.2, 0.25) is 0 Å². The maximum absolute atomic E-state index is 12.0. The minimum Gasteiger partial charge on any atom is -0.376 e. The molecule has 0 N–H and O–H groups in total. The Morgan fingerprint density at radius 1 is 1.48 bits per heavy atom. The summed E-state index contributed by atoms with van der Waals surface area (Å²) in [5, 5.41) is 0.779. The number of fused-ring (bicyclic) bond motifs is 1. The normalized spacial score (nSPS) is 18.3. The Labute approximate surface area is 128 Å². The van der Waals surface area contributed by atoms with Gasteiger partial charge >= 0.3 is 0 Å². The van der Waals surface area contributed by atoms with Crippen LogP contribution in [0.4, 0.5) is 5.13 Å². The van der Waals surface area contributed by atoms with Crippen LogP contribution >= 0.6 is 11.3 Å². The fourth-order valence-corrected chi connectivity index (χ4v) is 3.88. The predicted molar refractivity (Wildman–Crippen MR) is 86.1 cm³/mol. The van der Waals surface area contributed by atoms with Gasteiger partial charge in [0.15, 0.2) is 5.13 Å². The highest BCUT2D eigenvalue weighted by Gasteiger charge is 2.24. The van der Waals surface area contributed by atoms with Crippen molar-refractivity contribution in [1.29, 1.82) is 0 Å². The number of carbonyl (C=O) groups excluding carboxylic acids is 1. The van der Waals surface area contributed by atoms with E-state index in [1.54, 1.807) is 23.2 Å². The zero-order valence-corrected chi connectivity index (χ0v) is 13.5. The number of thiazole rings is 1. The van der Waals surface area contributed by atoms with Crippen LogP contribution in [0.15, 0.2) is 12.1 Å². The van der Waals surface area contributed by atoms with Crippen LogP contribution in [0.25, 0.3) is 10.2 Å². The lowest BCUT2D eigenvalue weighted by Gasteiger charge is -2.21. The zero-order valence-electron chi connectivity index (χ0n) is 12.7. The van der Waals surface area contributed by atoms with Gasteiger partial charge in [0.25, 0.3) is 0 Å². The van der Waals surface area contributed by atoms with E-state index in [1.165, 1.54) is 11.1 Å². The summed E-state index contributed by atoms with van der Waals surface area (Å²) in [6.07, 6.45) is 2.24. The predicted octanol–water partition coefficient (Wildman–Crippen LogP) is 3.45. The Bertz CT molecular complexity index is 674. The fourth-order valence-electron chi connectivity index (χ4n) is 2.81. The number of aryl methyl sites for hydroxylation is 2.